The average Bonchev–Trinajstić information content (AvgIpc) is 2.92. The molecule has 0 saturated heterocycles. The molecule has 19 heteroatoms. The molecule has 0 aliphatic carbocycles. The van der Waals surface area contributed by atoms with Crippen molar-refractivity contribution in [3.8, 4) is 0 Å². The zero-order chi connectivity index (χ0) is 34.3. The van der Waals surface area contributed by atoms with Gasteiger partial charge >= 0.3 is 11.9 Å². The molecule has 0 bridgehead atoms. The lowest BCUT2D eigenvalue weighted by molar-refractivity contribution is -0.144. The molecule has 19 nitrogen and oxygen atoms in total. The Kier molecular flexibility index (Phi) is 17.1. The maximum absolute atomic E-state index is 13.0. The predicted molar refractivity (Wildman–Crippen MR) is 150 cm³/mol. The van der Waals surface area contributed by atoms with Crippen LogP contribution in [0.4, 0.5) is 0 Å². The molecule has 0 aromatic carbocycles. The van der Waals surface area contributed by atoms with Crippen molar-refractivity contribution in [1.82, 2.24) is 31.9 Å². The van der Waals surface area contributed by atoms with Crippen molar-refractivity contribution in [1.29, 1.82) is 0 Å². The smallest absolute Gasteiger partial charge is 0.328 e. The van der Waals surface area contributed by atoms with Gasteiger partial charge in [0.1, 0.15) is 36.3 Å². The van der Waals surface area contributed by atoms with Crippen LogP contribution in [0.3, 0.4) is 0 Å². The van der Waals surface area contributed by atoms with E-state index < -0.39 is 109 Å². The van der Waals surface area contributed by atoms with Crippen molar-refractivity contribution < 1.29 is 58.8 Å². The number of aliphatic carboxylic acids is 2. The summed E-state index contributed by atoms with van der Waals surface area (Å²) in [4.78, 5) is 97.5. The summed E-state index contributed by atoms with van der Waals surface area (Å²) in [6.45, 7) is 5.47. The Morgan fingerprint density at radius 1 is 0.545 bits per heavy atom. The first-order valence-corrected chi connectivity index (χ1v) is 13.6. The van der Waals surface area contributed by atoms with Gasteiger partial charge in [0.2, 0.25) is 35.4 Å². The van der Waals surface area contributed by atoms with E-state index >= 15 is 0 Å². The molecule has 0 aromatic heterocycles. The van der Waals surface area contributed by atoms with Gasteiger partial charge in [0.05, 0.1) is 25.7 Å². The highest BCUT2D eigenvalue weighted by molar-refractivity contribution is 5.97. The van der Waals surface area contributed by atoms with E-state index in [2.05, 4.69) is 26.6 Å². The molecule has 0 fully saturated rings. The molecule has 12 N–H and O–H groups in total. The molecule has 0 saturated carbocycles. The third-order valence-electron chi connectivity index (χ3n) is 5.88. The number of nitrogens with two attached hydrogens (primary N) is 1. The number of aliphatic hydroxyl groups is 2. The monoisotopic (exact) mass is 633 g/mol. The molecule has 250 valence electrons. The standard InChI is InChI=1S/C25H43N7O12/c1-10(2)6-14(22(40)30-15(7-18(35)36)23(41)32-17(9-34)25(43)44)29-20(38)13(5)28-24(42)16(8-33)31-21(39)12(4)27-19(37)11(3)26/h10-17,33-34H,6-9,26H2,1-5H3,(H,27,37)(H,28,42)(H,29,38)(H,30,40)(H,31,39)(H,32,41)(H,35,36)(H,43,44)/t11-,12-,13-,14-,15-,16-,17-/m0/s1. The van der Waals surface area contributed by atoms with Crippen LogP contribution in [0.2, 0.25) is 0 Å². The molecule has 0 heterocycles. The van der Waals surface area contributed by atoms with E-state index in [0.29, 0.717) is 0 Å². The third kappa shape index (κ3) is 14.2. The molecule has 0 aromatic rings. The van der Waals surface area contributed by atoms with Crippen LogP contribution in [0, 0.1) is 5.92 Å². The second-order valence-corrected chi connectivity index (χ2v) is 10.4. The predicted octanol–water partition coefficient (Wildman–Crippen LogP) is -5.13. The van der Waals surface area contributed by atoms with Crippen LogP contribution in [0.5, 0.6) is 0 Å². The van der Waals surface area contributed by atoms with E-state index in [1.807, 2.05) is 5.32 Å². The average molecular weight is 634 g/mol. The molecular formula is C25H43N7O12. The topological polar surface area (TPSA) is 316 Å². The number of carbonyl (C=O) groups excluding carboxylic acids is 6. The van der Waals surface area contributed by atoms with Gasteiger partial charge in [-0.3, -0.25) is 33.6 Å². The van der Waals surface area contributed by atoms with E-state index in [1.165, 1.54) is 20.8 Å². The number of hydrogen-bond donors (Lipinski definition) is 11. The summed E-state index contributed by atoms with van der Waals surface area (Å²) in [5.74, 6) is -8.87. The highest BCUT2D eigenvalue weighted by Gasteiger charge is 2.33. The van der Waals surface area contributed by atoms with Gasteiger partial charge in [0.15, 0.2) is 0 Å². The van der Waals surface area contributed by atoms with Gasteiger partial charge in [-0.2, -0.15) is 0 Å². The minimum absolute atomic E-state index is 0.00557. The van der Waals surface area contributed by atoms with E-state index in [-0.39, 0.29) is 12.3 Å². The van der Waals surface area contributed by atoms with Crippen molar-refractivity contribution in [3.63, 3.8) is 0 Å². The minimum atomic E-state index is -1.77. The molecule has 0 aliphatic rings. The first kappa shape index (κ1) is 39.6. The number of nitrogens with one attached hydrogen (secondary N) is 6. The number of carboxylic acid groups (broad SMARTS) is 2. The van der Waals surface area contributed by atoms with E-state index in [0.717, 1.165) is 0 Å². The molecule has 6 amide bonds. The maximum atomic E-state index is 13.0. The Morgan fingerprint density at radius 3 is 1.34 bits per heavy atom. The van der Waals surface area contributed by atoms with E-state index in [1.54, 1.807) is 13.8 Å². The van der Waals surface area contributed by atoms with Gasteiger partial charge in [-0.05, 0) is 33.1 Å². The zero-order valence-electron chi connectivity index (χ0n) is 25.1. The number of aliphatic hydroxyl groups excluding tert-OH is 2. The fourth-order valence-electron chi connectivity index (χ4n) is 3.39. The minimum Gasteiger partial charge on any atom is -0.481 e. The highest BCUT2D eigenvalue weighted by atomic mass is 16.4. The van der Waals surface area contributed by atoms with Gasteiger partial charge in [-0.15, -0.1) is 0 Å². The van der Waals surface area contributed by atoms with Crippen LogP contribution in [0.25, 0.3) is 0 Å². The van der Waals surface area contributed by atoms with Crippen LogP contribution in [-0.2, 0) is 38.4 Å². The quantitative estimate of drug-likeness (QED) is 0.0635. The van der Waals surface area contributed by atoms with Gasteiger partial charge in [0, 0.05) is 0 Å². The lowest BCUT2D eigenvalue weighted by atomic mass is 10.0. The summed E-state index contributed by atoms with van der Waals surface area (Å²) in [5, 5.41) is 50.2. The lowest BCUT2D eigenvalue weighted by Gasteiger charge is -2.26. The lowest BCUT2D eigenvalue weighted by Crippen LogP contribution is -2.60. The Labute approximate surface area is 253 Å². The maximum Gasteiger partial charge on any atom is 0.328 e. The van der Waals surface area contributed by atoms with Crippen LogP contribution >= 0.6 is 0 Å². The molecule has 0 spiro atoms. The first-order valence-electron chi connectivity index (χ1n) is 13.6. The summed E-state index contributed by atoms with van der Waals surface area (Å²) in [5.41, 5.74) is 5.43. The number of rotatable bonds is 19. The molecule has 0 rings (SSSR count). The van der Waals surface area contributed by atoms with Gasteiger partial charge in [-0.25, -0.2) is 4.79 Å². The first-order chi connectivity index (χ1) is 20.3. The molecule has 0 aliphatic heterocycles. The summed E-state index contributed by atoms with van der Waals surface area (Å²) in [7, 11) is 0. The molecule has 44 heavy (non-hydrogen) atoms. The second kappa shape index (κ2) is 19.0. The van der Waals surface area contributed by atoms with Crippen LogP contribution < -0.4 is 37.6 Å². The fraction of sp³-hybridized carbons (Fsp3) is 0.680. The second-order valence-electron chi connectivity index (χ2n) is 10.4. The summed E-state index contributed by atoms with van der Waals surface area (Å²) in [6.07, 6.45) is -0.958. The SMILES string of the molecule is CC(C)C[C@H](NC(=O)[C@H](C)NC(=O)[C@H](CO)NC(=O)[C@H](C)NC(=O)[C@H](C)N)C(=O)N[C@@H](CC(=O)O)C(=O)N[C@@H](CO)C(=O)O. The van der Waals surface area contributed by atoms with Crippen molar-refractivity contribution >= 4 is 47.4 Å². The normalized spacial score (nSPS) is 15.7. The van der Waals surface area contributed by atoms with Crippen molar-refractivity contribution in [3.05, 3.63) is 0 Å². The number of amides is 6. The van der Waals surface area contributed by atoms with Gasteiger partial charge in [0.25, 0.3) is 0 Å². The van der Waals surface area contributed by atoms with E-state index in [9.17, 15) is 43.5 Å². The van der Waals surface area contributed by atoms with Crippen molar-refractivity contribution in [2.24, 2.45) is 11.7 Å². The Bertz CT molecular complexity index is 1070. The number of carboxylic acids is 2. The summed E-state index contributed by atoms with van der Waals surface area (Å²) < 4.78 is 0. The number of carbonyl (C=O) groups is 8. The Morgan fingerprint density at radius 2 is 0.932 bits per heavy atom. The van der Waals surface area contributed by atoms with Gasteiger partial charge in [-0.1, -0.05) is 13.8 Å². The number of hydrogen-bond acceptors (Lipinski definition) is 11. The van der Waals surface area contributed by atoms with Crippen LogP contribution in [-0.4, -0.2) is 123 Å². The van der Waals surface area contributed by atoms with Crippen LogP contribution in [0.1, 0.15) is 47.5 Å². The molecular weight excluding hydrogens is 590 g/mol. The third-order valence-corrected chi connectivity index (χ3v) is 5.88. The van der Waals surface area contributed by atoms with Gasteiger partial charge < -0.3 is 58.1 Å². The summed E-state index contributed by atoms with van der Waals surface area (Å²) in [6, 6.07) is -9.75. The zero-order valence-corrected chi connectivity index (χ0v) is 25.1. The van der Waals surface area contributed by atoms with E-state index in [4.69, 9.17) is 21.1 Å². The largest absolute Gasteiger partial charge is 0.481 e. The Hall–Kier alpha value is -4.36. The molecule has 0 radical (unpaired) electrons. The Balaban J connectivity index is 5.54. The van der Waals surface area contributed by atoms with Crippen molar-refractivity contribution in [2.75, 3.05) is 13.2 Å². The molecule has 7 atom stereocenters. The summed E-state index contributed by atoms with van der Waals surface area (Å²) >= 11 is 0. The fourth-order valence-corrected chi connectivity index (χ4v) is 3.39. The highest BCUT2D eigenvalue weighted by Crippen LogP contribution is 2.07. The van der Waals surface area contributed by atoms with Crippen LogP contribution in [0.15, 0.2) is 0 Å². The van der Waals surface area contributed by atoms with Crippen molar-refractivity contribution in [2.45, 2.75) is 89.8 Å². The molecule has 0 unspecified atom stereocenters.